The van der Waals surface area contributed by atoms with Crippen LogP contribution in [0.4, 0.5) is 10.5 Å². The van der Waals surface area contributed by atoms with Crippen LogP contribution < -0.4 is 25.4 Å². The summed E-state index contributed by atoms with van der Waals surface area (Å²) < 4.78 is 10.7. The molecule has 0 spiro atoms. The largest absolute Gasteiger partial charge is 0.493 e. The number of para-hydroxylation sites is 1. The lowest BCUT2D eigenvalue weighted by Crippen LogP contribution is -2.51. The summed E-state index contributed by atoms with van der Waals surface area (Å²) in [6, 6.07) is 8.69. The topological polar surface area (TPSA) is 123 Å². The third-order valence-corrected chi connectivity index (χ3v) is 4.61. The van der Waals surface area contributed by atoms with Crippen molar-refractivity contribution in [2.45, 2.75) is 0 Å². The van der Waals surface area contributed by atoms with Crippen LogP contribution >= 0.6 is 23.2 Å². The van der Waals surface area contributed by atoms with Crippen molar-refractivity contribution in [2.75, 3.05) is 19.0 Å². The highest BCUT2D eigenvalue weighted by Crippen LogP contribution is 2.37. The molecule has 2 aromatic rings. The van der Waals surface area contributed by atoms with Gasteiger partial charge in [0.25, 0.3) is 17.7 Å². The molecule has 0 unspecified atom stereocenters. The summed E-state index contributed by atoms with van der Waals surface area (Å²) >= 11 is 12.3. The van der Waals surface area contributed by atoms with E-state index in [1.54, 1.807) is 24.3 Å². The lowest BCUT2D eigenvalue weighted by atomic mass is 10.1. The highest BCUT2D eigenvalue weighted by atomic mass is 35.5. The number of methoxy groups -OCH3 is 1. The van der Waals surface area contributed by atoms with Crippen LogP contribution in [0, 0.1) is 0 Å². The van der Waals surface area contributed by atoms with Crippen LogP contribution in [0.1, 0.15) is 5.56 Å². The van der Waals surface area contributed by atoms with Crippen LogP contribution in [0.5, 0.6) is 11.5 Å². The number of halogens is 2. The minimum atomic E-state index is -0.901. The van der Waals surface area contributed by atoms with Crippen molar-refractivity contribution in [2.24, 2.45) is 0 Å². The van der Waals surface area contributed by atoms with E-state index in [0.29, 0.717) is 16.3 Å². The minimum Gasteiger partial charge on any atom is -0.493 e. The normalized spacial score (nSPS) is 13.3. The molecule has 2 aromatic carbocycles. The third-order valence-electron chi connectivity index (χ3n) is 4.00. The summed E-state index contributed by atoms with van der Waals surface area (Å²) in [5.74, 6) is -1.91. The highest BCUT2D eigenvalue weighted by molar-refractivity contribution is 6.34. The van der Waals surface area contributed by atoms with Gasteiger partial charge in [-0.25, -0.2) is 4.79 Å². The van der Waals surface area contributed by atoms with Crippen LogP contribution in [-0.4, -0.2) is 37.5 Å². The van der Waals surface area contributed by atoms with Gasteiger partial charge >= 0.3 is 6.03 Å². The Morgan fingerprint density at radius 3 is 2.39 bits per heavy atom. The van der Waals surface area contributed by atoms with Crippen molar-refractivity contribution in [1.82, 2.24) is 10.6 Å². The first-order valence-electron chi connectivity index (χ1n) is 8.71. The highest BCUT2D eigenvalue weighted by Gasteiger charge is 2.28. The lowest BCUT2D eigenvalue weighted by Gasteiger charge is -2.15. The standard InChI is InChI=1S/C20H15Cl2N3O6/c1-30-15-8-10(6-11-18(27)24-20(29)25-19(11)28)7-13(22)17(15)31-9-16(26)23-14-5-3-2-4-12(14)21/h2-8H,9H2,1H3,(H,23,26)(H2,24,25,27,28,29). The number of anilines is 1. The second-order valence-corrected chi connectivity index (χ2v) is 6.96. The van der Waals surface area contributed by atoms with Gasteiger partial charge in [0, 0.05) is 0 Å². The summed E-state index contributed by atoms with van der Waals surface area (Å²) in [7, 11) is 1.36. The summed E-state index contributed by atoms with van der Waals surface area (Å²) in [5, 5.41) is 7.00. The molecule has 3 rings (SSSR count). The van der Waals surface area contributed by atoms with Crippen LogP contribution in [0.25, 0.3) is 6.08 Å². The van der Waals surface area contributed by atoms with Gasteiger partial charge in [-0.1, -0.05) is 35.3 Å². The van der Waals surface area contributed by atoms with Gasteiger partial charge in [0.15, 0.2) is 18.1 Å². The lowest BCUT2D eigenvalue weighted by molar-refractivity contribution is -0.124. The van der Waals surface area contributed by atoms with Gasteiger partial charge in [-0.05, 0) is 35.9 Å². The summed E-state index contributed by atoms with van der Waals surface area (Å²) in [4.78, 5) is 47.1. The zero-order chi connectivity index (χ0) is 22.5. The zero-order valence-corrected chi connectivity index (χ0v) is 17.5. The Morgan fingerprint density at radius 2 is 1.74 bits per heavy atom. The van der Waals surface area contributed by atoms with E-state index in [1.165, 1.54) is 25.3 Å². The molecule has 0 aliphatic carbocycles. The molecule has 1 aliphatic rings. The Morgan fingerprint density at radius 1 is 1.06 bits per heavy atom. The number of carbonyl (C=O) groups excluding carboxylic acids is 4. The molecule has 31 heavy (non-hydrogen) atoms. The second-order valence-electron chi connectivity index (χ2n) is 6.15. The van der Waals surface area contributed by atoms with E-state index < -0.39 is 23.8 Å². The van der Waals surface area contributed by atoms with Gasteiger partial charge in [-0.2, -0.15) is 0 Å². The van der Waals surface area contributed by atoms with Crippen molar-refractivity contribution in [3.05, 3.63) is 57.6 Å². The molecule has 1 aliphatic heterocycles. The molecule has 0 radical (unpaired) electrons. The molecule has 11 heteroatoms. The maximum atomic E-state index is 12.2. The van der Waals surface area contributed by atoms with Gasteiger partial charge < -0.3 is 14.8 Å². The average Bonchev–Trinajstić information content (AvgIpc) is 2.71. The van der Waals surface area contributed by atoms with E-state index in [2.05, 4.69) is 5.32 Å². The molecule has 0 aromatic heterocycles. The van der Waals surface area contributed by atoms with Crippen LogP contribution in [0.3, 0.4) is 0 Å². The van der Waals surface area contributed by atoms with Gasteiger partial charge in [-0.3, -0.25) is 25.0 Å². The molecule has 160 valence electrons. The van der Waals surface area contributed by atoms with Crippen molar-refractivity contribution in [3.63, 3.8) is 0 Å². The molecular formula is C20H15Cl2N3O6. The second kappa shape index (κ2) is 9.50. The SMILES string of the molecule is COc1cc(C=C2C(=O)NC(=O)NC2=O)cc(Cl)c1OCC(=O)Nc1ccccc1Cl. The molecule has 1 saturated heterocycles. The number of rotatable bonds is 6. The van der Waals surface area contributed by atoms with Gasteiger partial charge in [-0.15, -0.1) is 0 Å². The first-order valence-corrected chi connectivity index (χ1v) is 9.47. The number of imide groups is 2. The van der Waals surface area contributed by atoms with E-state index >= 15 is 0 Å². The molecular weight excluding hydrogens is 449 g/mol. The Labute approximate surface area is 186 Å². The maximum Gasteiger partial charge on any atom is 0.328 e. The summed E-state index contributed by atoms with van der Waals surface area (Å²) in [6.45, 7) is -0.380. The Bertz CT molecular complexity index is 1090. The monoisotopic (exact) mass is 463 g/mol. The number of barbiturate groups is 1. The zero-order valence-electron chi connectivity index (χ0n) is 16.0. The fourth-order valence-corrected chi connectivity index (χ4v) is 3.08. The number of hydrogen-bond acceptors (Lipinski definition) is 6. The van der Waals surface area contributed by atoms with Crippen molar-refractivity contribution in [1.29, 1.82) is 0 Å². The van der Waals surface area contributed by atoms with E-state index in [-0.39, 0.29) is 28.7 Å². The first kappa shape index (κ1) is 22.1. The fourth-order valence-electron chi connectivity index (χ4n) is 2.62. The quantitative estimate of drug-likeness (QED) is 0.447. The number of urea groups is 1. The van der Waals surface area contributed by atoms with Crippen molar-refractivity contribution >= 4 is 58.7 Å². The molecule has 0 atom stereocenters. The fraction of sp³-hybridized carbons (Fsp3) is 0.100. The number of ether oxygens (including phenoxy) is 2. The predicted molar refractivity (Wildman–Crippen MR) is 113 cm³/mol. The van der Waals surface area contributed by atoms with E-state index in [0.717, 1.165) is 0 Å². The predicted octanol–water partition coefficient (Wildman–Crippen LogP) is 2.77. The number of nitrogens with one attached hydrogen (secondary N) is 3. The van der Waals surface area contributed by atoms with E-state index in [1.807, 2.05) is 10.6 Å². The molecule has 1 fully saturated rings. The van der Waals surface area contributed by atoms with Gasteiger partial charge in [0.2, 0.25) is 0 Å². The van der Waals surface area contributed by atoms with Gasteiger partial charge in [0.1, 0.15) is 5.57 Å². The van der Waals surface area contributed by atoms with E-state index in [4.69, 9.17) is 32.7 Å². The Balaban J connectivity index is 1.77. The van der Waals surface area contributed by atoms with Crippen LogP contribution in [0.2, 0.25) is 10.0 Å². The van der Waals surface area contributed by atoms with E-state index in [9.17, 15) is 19.2 Å². The van der Waals surface area contributed by atoms with Crippen LogP contribution in [0.15, 0.2) is 42.0 Å². The number of carbonyl (C=O) groups is 4. The average molecular weight is 464 g/mol. The smallest absolute Gasteiger partial charge is 0.328 e. The number of benzene rings is 2. The number of hydrogen-bond donors (Lipinski definition) is 3. The Kier molecular flexibility index (Phi) is 6.78. The molecule has 9 nitrogen and oxygen atoms in total. The minimum absolute atomic E-state index is 0.0736. The Hall–Kier alpha value is -3.56. The third kappa shape index (κ3) is 5.33. The molecule has 1 heterocycles. The summed E-state index contributed by atoms with van der Waals surface area (Å²) in [5.41, 5.74) is 0.482. The maximum absolute atomic E-state index is 12.2. The first-order chi connectivity index (χ1) is 14.8. The molecule has 5 amide bonds. The summed E-state index contributed by atoms with van der Waals surface area (Å²) in [6.07, 6.45) is 1.24. The molecule has 0 saturated carbocycles. The number of amides is 5. The molecule has 3 N–H and O–H groups in total. The van der Waals surface area contributed by atoms with Crippen LogP contribution in [-0.2, 0) is 14.4 Å². The molecule has 0 bridgehead atoms. The van der Waals surface area contributed by atoms with Crippen molar-refractivity contribution < 1.29 is 28.7 Å². The van der Waals surface area contributed by atoms with Crippen molar-refractivity contribution in [3.8, 4) is 11.5 Å². The van der Waals surface area contributed by atoms with Gasteiger partial charge in [0.05, 0.1) is 22.8 Å².